The third-order valence-corrected chi connectivity index (χ3v) is 3.52. The van der Waals surface area contributed by atoms with E-state index in [0.29, 0.717) is 30.2 Å². The fraction of sp³-hybridized carbons (Fsp3) is 0.533. The van der Waals surface area contributed by atoms with Crippen LogP contribution in [0.4, 0.5) is 5.69 Å². The number of carbonyl (C=O) groups excluding carboxylic acids is 1. The molecule has 0 saturated carbocycles. The number of nitrogen functional groups attached to an aromatic ring is 1. The lowest BCUT2D eigenvalue weighted by Crippen LogP contribution is -2.43. The molecule has 0 aliphatic carbocycles. The SMILES string of the molecule is CCOC1CCCN(C(=O)c2cc(N)ccc2OC)C1. The van der Waals surface area contributed by atoms with Crippen molar-refractivity contribution in [3.8, 4) is 5.75 Å². The summed E-state index contributed by atoms with van der Waals surface area (Å²) in [5.41, 5.74) is 6.85. The van der Waals surface area contributed by atoms with E-state index in [-0.39, 0.29) is 12.0 Å². The summed E-state index contributed by atoms with van der Waals surface area (Å²) in [6.45, 7) is 4.03. The van der Waals surface area contributed by atoms with Gasteiger partial charge in [0.05, 0.1) is 18.8 Å². The second-order valence-corrected chi connectivity index (χ2v) is 4.93. The molecular formula is C15H22N2O3. The Bertz CT molecular complexity index is 474. The predicted octanol–water partition coefficient (Wildman–Crippen LogP) is 1.92. The second-order valence-electron chi connectivity index (χ2n) is 4.93. The van der Waals surface area contributed by atoms with Gasteiger partial charge in [-0.1, -0.05) is 0 Å². The Morgan fingerprint density at radius 3 is 3.00 bits per heavy atom. The summed E-state index contributed by atoms with van der Waals surface area (Å²) in [7, 11) is 1.56. The van der Waals surface area contributed by atoms with Gasteiger partial charge in [0.2, 0.25) is 0 Å². The van der Waals surface area contributed by atoms with E-state index >= 15 is 0 Å². The Morgan fingerprint density at radius 1 is 1.50 bits per heavy atom. The zero-order valence-corrected chi connectivity index (χ0v) is 12.1. The Morgan fingerprint density at radius 2 is 2.30 bits per heavy atom. The molecule has 0 bridgehead atoms. The summed E-state index contributed by atoms with van der Waals surface area (Å²) in [6, 6.07) is 5.13. The summed E-state index contributed by atoms with van der Waals surface area (Å²) in [5.74, 6) is 0.515. The first kappa shape index (κ1) is 14.7. The van der Waals surface area contributed by atoms with Crippen LogP contribution in [0.5, 0.6) is 5.75 Å². The van der Waals surface area contributed by atoms with Gasteiger partial charge >= 0.3 is 0 Å². The van der Waals surface area contributed by atoms with E-state index in [1.54, 1.807) is 25.3 Å². The minimum absolute atomic E-state index is 0.0430. The van der Waals surface area contributed by atoms with Gasteiger partial charge in [-0.15, -0.1) is 0 Å². The molecule has 5 nitrogen and oxygen atoms in total. The number of nitrogens with zero attached hydrogens (tertiary/aromatic N) is 1. The van der Waals surface area contributed by atoms with Crippen molar-refractivity contribution in [3.05, 3.63) is 23.8 Å². The maximum Gasteiger partial charge on any atom is 0.257 e. The number of ether oxygens (including phenoxy) is 2. The third kappa shape index (κ3) is 3.22. The molecule has 1 heterocycles. The fourth-order valence-electron chi connectivity index (χ4n) is 2.56. The number of hydrogen-bond donors (Lipinski definition) is 1. The number of benzene rings is 1. The molecule has 0 radical (unpaired) electrons. The molecule has 0 aromatic heterocycles. The van der Waals surface area contributed by atoms with E-state index < -0.39 is 0 Å². The maximum absolute atomic E-state index is 12.6. The van der Waals surface area contributed by atoms with Crippen LogP contribution in [0.2, 0.25) is 0 Å². The lowest BCUT2D eigenvalue weighted by atomic mass is 10.1. The topological polar surface area (TPSA) is 64.8 Å². The molecule has 5 heteroatoms. The highest BCUT2D eigenvalue weighted by atomic mass is 16.5. The summed E-state index contributed by atoms with van der Waals surface area (Å²) < 4.78 is 10.9. The third-order valence-electron chi connectivity index (χ3n) is 3.52. The van der Waals surface area contributed by atoms with Crippen LogP contribution in [0, 0.1) is 0 Å². The Balaban J connectivity index is 2.16. The van der Waals surface area contributed by atoms with E-state index in [0.717, 1.165) is 19.4 Å². The van der Waals surface area contributed by atoms with Crippen LogP contribution in [0.15, 0.2) is 18.2 Å². The summed E-state index contributed by atoms with van der Waals surface area (Å²) in [5, 5.41) is 0. The summed E-state index contributed by atoms with van der Waals surface area (Å²) in [6.07, 6.45) is 2.09. The van der Waals surface area contributed by atoms with Gasteiger partial charge in [-0.2, -0.15) is 0 Å². The number of rotatable bonds is 4. The molecule has 1 unspecified atom stereocenters. The lowest BCUT2D eigenvalue weighted by Gasteiger charge is -2.32. The average Bonchev–Trinajstić information content (AvgIpc) is 2.47. The van der Waals surface area contributed by atoms with Crippen LogP contribution in [-0.4, -0.2) is 43.7 Å². The largest absolute Gasteiger partial charge is 0.496 e. The van der Waals surface area contributed by atoms with Crippen molar-refractivity contribution < 1.29 is 14.3 Å². The highest BCUT2D eigenvalue weighted by molar-refractivity contribution is 5.97. The normalized spacial score (nSPS) is 18.9. The number of amides is 1. The van der Waals surface area contributed by atoms with Crippen molar-refractivity contribution in [2.45, 2.75) is 25.9 Å². The van der Waals surface area contributed by atoms with Crippen molar-refractivity contribution in [1.82, 2.24) is 4.90 Å². The highest BCUT2D eigenvalue weighted by Gasteiger charge is 2.26. The van der Waals surface area contributed by atoms with E-state index in [1.807, 2.05) is 11.8 Å². The molecule has 1 aromatic carbocycles. The Kier molecular flexibility index (Phi) is 4.84. The number of likely N-dealkylation sites (tertiary alicyclic amines) is 1. The molecule has 0 spiro atoms. The Hall–Kier alpha value is -1.75. The van der Waals surface area contributed by atoms with Crippen molar-refractivity contribution in [2.75, 3.05) is 32.5 Å². The maximum atomic E-state index is 12.6. The van der Waals surface area contributed by atoms with Gasteiger partial charge in [0.1, 0.15) is 5.75 Å². The first-order chi connectivity index (χ1) is 9.65. The number of nitrogens with two attached hydrogens (primary N) is 1. The van der Waals surface area contributed by atoms with Crippen LogP contribution in [-0.2, 0) is 4.74 Å². The molecule has 1 fully saturated rings. The zero-order valence-electron chi connectivity index (χ0n) is 12.1. The van der Waals surface area contributed by atoms with Gasteiger partial charge in [0.25, 0.3) is 5.91 Å². The molecule has 1 atom stereocenters. The summed E-state index contributed by atoms with van der Waals surface area (Å²) >= 11 is 0. The molecule has 110 valence electrons. The summed E-state index contributed by atoms with van der Waals surface area (Å²) in [4.78, 5) is 14.4. The van der Waals surface area contributed by atoms with Crippen molar-refractivity contribution in [2.24, 2.45) is 0 Å². The first-order valence-corrected chi connectivity index (χ1v) is 7.00. The smallest absolute Gasteiger partial charge is 0.257 e. The molecule has 2 rings (SSSR count). The van der Waals surface area contributed by atoms with Gasteiger partial charge in [0, 0.05) is 25.4 Å². The van der Waals surface area contributed by atoms with Crippen LogP contribution < -0.4 is 10.5 Å². The van der Waals surface area contributed by atoms with Crippen LogP contribution in [0.3, 0.4) is 0 Å². The number of anilines is 1. The van der Waals surface area contributed by atoms with Gasteiger partial charge in [0.15, 0.2) is 0 Å². The molecule has 2 N–H and O–H groups in total. The van der Waals surface area contributed by atoms with Gasteiger partial charge in [-0.25, -0.2) is 0 Å². The van der Waals surface area contributed by atoms with E-state index in [4.69, 9.17) is 15.2 Å². The number of piperidine rings is 1. The molecule has 20 heavy (non-hydrogen) atoms. The van der Waals surface area contributed by atoms with Crippen LogP contribution >= 0.6 is 0 Å². The number of carbonyl (C=O) groups is 1. The van der Waals surface area contributed by atoms with Crippen molar-refractivity contribution >= 4 is 11.6 Å². The van der Waals surface area contributed by atoms with Gasteiger partial charge < -0.3 is 20.1 Å². The molecular weight excluding hydrogens is 256 g/mol. The monoisotopic (exact) mass is 278 g/mol. The quantitative estimate of drug-likeness (QED) is 0.855. The minimum Gasteiger partial charge on any atom is -0.496 e. The van der Waals surface area contributed by atoms with Crippen LogP contribution in [0.1, 0.15) is 30.1 Å². The molecule has 1 amide bonds. The van der Waals surface area contributed by atoms with Gasteiger partial charge in [-0.3, -0.25) is 4.79 Å². The van der Waals surface area contributed by atoms with Gasteiger partial charge in [-0.05, 0) is 38.0 Å². The standard InChI is InChI=1S/C15H22N2O3/c1-3-20-12-5-4-8-17(10-12)15(18)13-9-11(16)6-7-14(13)19-2/h6-7,9,12H,3-5,8,10,16H2,1-2H3. The van der Waals surface area contributed by atoms with E-state index in [9.17, 15) is 4.79 Å². The van der Waals surface area contributed by atoms with Crippen molar-refractivity contribution in [1.29, 1.82) is 0 Å². The Labute approximate surface area is 119 Å². The predicted molar refractivity (Wildman–Crippen MR) is 78.0 cm³/mol. The number of hydrogen-bond acceptors (Lipinski definition) is 4. The second kappa shape index (κ2) is 6.61. The van der Waals surface area contributed by atoms with E-state index in [2.05, 4.69) is 0 Å². The molecule has 1 aliphatic heterocycles. The van der Waals surface area contributed by atoms with E-state index in [1.165, 1.54) is 0 Å². The molecule has 1 aromatic rings. The van der Waals surface area contributed by atoms with Crippen LogP contribution in [0.25, 0.3) is 0 Å². The molecule has 1 aliphatic rings. The minimum atomic E-state index is -0.0430. The highest BCUT2D eigenvalue weighted by Crippen LogP contribution is 2.24. The van der Waals surface area contributed by atoms with Crippen molar-refractivity contribution in [3.63, 3.8) is 0 Å². The fourth-order valence-corrected chi connectivity index (χ4v) is 2.56. The molecule has 1 saturated heterocycles. The number of methoxy groups -OCH3 is 1. The first-order valence-electron chi connectivity index (χ1n) is 7.00. The zero-order chi connectivity index (χ0) is 14.5. The lowest BCUT2D eigenvalue weighted by molar-refractivity contribution is 0.00714. The average molecular weight is 278 g/mol.